The van der Waals surface area contributed by atoms with Crippen molar-refractivity contribution in [3.05, 3.63) is 42.1 Å². The van der Waals surface area contributed by atoms with E-state index in [9.17, 15) is 9.59 Å². The van der Waals surface area contributed by atoms with Crippen LogP contribution in [0.15, 0.2) is 36.5 Å². The van der Waals surface area contributed by atoms with Crippen molar-refractivity contribution in [2.45, 2.75) is 45.8 Å². The highest BCUT2D eigenvalue weighted by molar-refractivity contribution is 5.87. The third-order valence-corrected chi connectivity index (χ3v) is 5.91. The van der Waals surface area contributed by atoms with Crippen LogP contribution in [0.4, 0.5) is 4.79 Å². The summed E-state index contributed by atoms with van der Waals surface area (Å²) < 4.78 is 5.45. The highest BCUT2D eigenvalue weighted by Gasteiger charge is 2.61. The third-order valence-electron chi connectivity index (χ3n) is 5.91. The molecular formula is C23H29N3O3. The number of carbonyl (C=O) groups excluding carboxylic acids is 2. The summed E-state index contributed by atoms with van der Waals surface area (Å²) in [4.78, 5) is 31.4. The van der Waals surface area contributed by atoms with E-state index < -0.39 is 11.1 Å². The van der Waals surface area contributed by atoms with Crippen LogP contribution in [0.3, 0.4) is 0 Å². The number of carbonyl (C=O) groups is 2. The zero-order valence-electron chi connectivity index (χ0n) is 17.7. The number of amides is 2. The Bertz CT molecular complexity index is 946. The summed E-state index contributed by atoms with van der Waals surface area (Å²) in [5.74, 6) is 0.496. The molecule has 6 heteroatoms. The lowest BCUT2D eigenvalue weighted by Crippen LogP contribution is -2.44. The van der Waals surface area contributed by atoms with Gasteiger partial charge in [-0.25, -0.2) is 4.79 Å². The van der Waals surface area contributed by atoms with Crippen molar-refractivity contribution in [2.24, 2.45) is 17.8 Å². The number of hydrogen-bond acceptors (Lipinski definition) is 4. The first-order chi connectivity index (χ1) is 13.6. The molecular weight excluding hydrogens is 366 g/mol. The molecule has 6 nitrogen and oxygen atoms in total. The molecule has 1 aliphatic heterocycles. The van der Waals surface area contributed by atoms with Gasteiger partial charge in [0.1, 0.15) is 5.60 Å². The molecule has 0 unspecified atom stereocenters. The lowest BCUT2D eigenvalue weighted by molar-refractivity contribution is -0.125. The molecule has 1 saturated heterocycles. The highest BCUT2D eigenvalue weighted by atomic mass is 16.6. The number of ether oxygens (including phenoxy) is 1. The van der Waals surface area contributed by atoms with Crippen LogP contribution in [0.5, 0.6) is 0 Å². The summed E-state index contributed by atoms with van der Waals surface area (Å²) in [6, 6.07) is 9.94. The van der Waals surface area contributed by atoms with Crippen LogP contribution in [0.2, 0.25) is 0 Å². The minimum absolute atomic E-state index is 0.0268. The number of likely N-dealkylation sites (tertiary alicyclic amines) is 1. The molecule has 154 valence electrons. The minimum Gasteiger partial charge on any atom is -0.444 e. The maximum Gasteiger partial charge on any atom is 0.410 e. The van der Waals surface area contributed by atoms with E-state index in [2.05, 4.69) is 10.3 Å². The van der Waals surface area contributed by atoms with Gasteiger partial charge in [0.05, 0.1) is 11.1 Å². The highest BCUT2D eigenvalue weighted by Crippen LogP contribution is 2.52. The van der Waals surface area contributed by atoms with Crippen molar-refractivity contribution in [2.75, 3.05) is 13.1 Å². The summed E-state index contributed by atoms with van der Waals surface area (Å²) in [6.45, 7) is 10.8. The Kier molecular flexibility index (Phi) is 4.56. The quantitative estimate of drug-likeness (QED) is 0.860. The van der Waals surface area contributed by atoms with Gasteiger partial charge in [0, 0.05) is 30.6 Å². The SMILES string of the molecule is CC(C)(C)OC(=O)N1C[C@@H]2[C@H](C1)[C@H]2C(=O)NC(C)(C)c1ccnc2ccccc12. The van der Waals surface area contributed by atoms with Crippen LogP contribution < -0.4 is 5.32 Å². The zero-order chi connectivity index (χ0) is 21.0. The molecule has 1 aromatic heterocycles. The largest absolute Gasteiger partial charge is 0.444 e. The predicted molar refractivity (Wildman–Crippen MR) is 111 cm³/mol. The Hall–Kier alpha value is -2.63. The van der Waals surface area contributed by atoms with Gasteiger partial charge in [-0.1, -0.05) is 18.2 Å². The number of nitrogens with zero attached hydrogens (tertiary/aromatic N) is 2. The first kappa shape index (κ1) is 19.7. The normalized spacial score (nSPS) is 23.6. The van der Waals surface area contributed by atoms with Crippen LogP contribution in [0.25, 0.3) is 10.9 Å². The van der Waals surface area contributed by atoms with Gasteiger partial charge in [-0.3, -0.25) is 9.78 Å². The van der Waals surface area contributed by atoms with Crippen molar-refractivity contribution >= 4 is 22.9 Å². The number of pyridine rings is 1. The molecule has 2 aromatic rings. The summed E-state index contributed by atoms with van der Waals surface area (Å²) in [6.07, 6.45) is 1.50. The third kappa shape index (κ3) is 3.80. The average Bonchev–Trinajstić information content (AvgIpc) is 3.13. The van der Waals surface area contributed by atoms with Gasteiger partial charge in [0.25, 0.3) is 0 Å². The lowest BCUT2D eigenvalue weighted by atomic mass is 9.91. The van der Waals surface area contributed by atoms with Crippen LogP contribution in [-0.2, 0) is 15.1 Å². The van der Waals surface area contributed by atoms with Crippen molar-refractivity contribution in [3.8, 4) is 0 Å². The van der Waals surface area contributed by atoms with Crippen molar-refractivity contribution in [1.82, 2.24) is 15.2 Å². The predicted octanol–water partition coefficient (Wildman–Crippen LogP) is 3.70. The Morgan fingerprint density at radius 3 is 2.38 bits per heavy atom. The molecule has 2 aliphatic rings. The fourth-order valence-electron chi connectivity index (χ4n) is 4.49. The van der Waals surface area contributed by atoms with E-state index in [1.807, 2.05) is 65.0 Å². The molecule has 0 spiro atoms. The molecule has 1 aromatic carbocycles. The Balaban J connectivity index is 1.41. The first-order valence-corrected chi connectivity index (χ1v) is 10.2. The maximum atomic E-state index is 13.0. The number of para-hydroxylation sites is 1. The molecule has 3 atom stereocenters. The molecule has 2 fully saturated rings. The van der Waals surface area contributed by atoms with E-state index in [0.29, 0.717) is 13.1 Å². The van der Waals surface area contributed by atoms with Crippen molar-refractivity contribution in [3.63, 3.8) is 0 Å². The number of aromatic nitrogens is 1. The average molecular weight is 396 g/mol. The smallest absolute Gasteiger partial charge is 0.410 e. The number of piperidine rings is 1. The minimum atomic E-state index is -0.513. The second kappa shape index (κ2) is 6.71. The van der Waals surface area contributed by atoms with E-state index >= 15 is 0 Å². The molecule has 4 rings (SSSR count). The molecule has 2 amide bonds. The lowest BCUT2D eigenvalue weighted by Gasteiger charge is -2.29. The monoisotopic (exact) mass is 395 g/mol. The molecule has 0 bridgehead atoms. The Morgan fingerprint density at radius 2 is 1.72 bits per heavy atom. The zero-order valence-corrected chi connectivity index (χ0v) is 17.7. The molecule has 1 N–H and O–H groups in total. The van der Waals surface area contributed by atoms with Crippen LogP contribution in [0.1, 0.15) is 40.2 Å². The van der Waals surface area contributed by atoms with Gasteiger partial charge in [-0.05, 0) is 64.2 Å². The number of benzene rings is 1. The van der Waals surface area contributed by atoms with Crippen LogP contribution in [0, 0.1) is 17.8 Å². The van der Waals surface area contributed by atoms with E-state index in [0.717, 1.165) is 16.5 Å². The fourth-order valence-corrected chi connectivity index (χ4v) is 4.49. The topological polar surface area (TPSA) is 71.5 Å². The van der Waals surface area contributed by atoms with Crippen LogP contribution >= 0.6 is 0 Å². The standard InChI is InChI=1S/C23H29N3O3/c1-22(2,3)29-21(28)26-12-15-16(13-26)19(15)20(27)25-23(4,5)17-10-11-24-18-9-7-6-8-14(17)18/h6-11,15-16,19H,12-13H2,1-5H3,(H,25,27)/t15-,16+,19+. The number of hydrogen-bond donors (Lipinski definition) is 1. The summed E-state index contributed by atoms with van der Waals surface area (Å²) in [7, 11) is 0. The van der Waals surface area contributed by atoms with E-state index in [-0.39, 0.29) is 29.8 Å². The molecule has 1 aliphatic carbocycles. The summed E-state index contributed by atoms with van der Waals surface area (Å²) in [5, 5.41) is 4.28. The van der Waals surface area contributed by atoms with Gasteiger partial charge < -0.3 is 15.0 Å². The van der Waals surface area contributed by atoms with Crippen molar-refractivity contribution < 1.29 is 14.3 Å². The molecule has 0 radical (unpaired) electrons. The number of rotatable bonds is 3. The fraction of sp³-hybridized carbons (Fsp3) is 0.522. The van der Waals surface area contributed by atoms with Gasteiger partial charge in [-0.15, -0.1) is 0 Å². The maximum absolute atomic E-state index is 13.0. The van der Waals surface area contributed by atoms with Crippen LogP contribution in [-0.4, -0.2) is 40.6 Å². The number of fused-ring (bicyclic) bond motifs is 2. The Labute approximate surface area is 171 Å². The van der Waals surface area contributed by atoms with Gasteiger partial charge in [0.15, 0.2) is 0 Å². The van der Waals surface area contributed by atoms with E-state index in [1.165, 1.54) is 0 Å². The Morgan fingerprint density at radius 1 is 1.07 bits per heavy atom. The number of nitrogens with one attached hydrogen (secondary N) is 1. The molecule has 2 heterocycles. The molecule has 29 heavy (non-hydrogen) atoms. The van der Waals surface area contributed by atoms with Crippen molar-refractivity contribution in [1.29, 1.82) is 0 Å². The summed E-state index contributed by atoms with van der Waals surface area (Å²) >= 11 is 0. The van der Waals surface area contributed by atoms with E-state index in [4.69, 9.17) is 4.74 Å². The second-order valence-corrected chi connectivity index (χ2v) is 9.73. The van der Waals surface area contributed by atoms with Gasteiger partial charge >= 0.3 is 6.09 Å². The summed E-state index contributed by atoms with van der Waals surface area (Å²) in [5.41, 5.74) is 0.959. The van der Waals surface area contributed by atoms with Gasteiger partial charge in [-0.2, -0.15) is 0 Å². The first-order valence-electron chi connectivity index (χ1n) is 10.2. The van der Waals surface area contributed by atoms with Gasteiger partial charge in [0.2, 0.25) is 5.91 Å². The molecule has 1 saturated carbocycles. The second-order valence-electron chi connectivity index (χ2n) is 9.73. The van der Waals surface area contributed by atoms with E-state index in [1.54, 1.807) is 11.1 Å².